The van der Waals surface area contributed by atoms with E-state index in [1.54, 1.807) is 7.11 Å². The summed E-state index contributed by atoms with van der Waals surface area (Å²) in [4.78, 5) is 4.93. The molecule has 0 saturated carbocycles. The molecule has 0 aliphatic carbocycles. The summed E-state index contributed by atoms with van der Waals surface area (Å²) in [5, 5.41) is 0. The molecule has 0 radical (unpaired) electrons. The van der Waals surface area contributed by atoms with Crippen LogP contribution in [0.4, 0.5) is 0 Å². The minimum Gasteiger partial charge on any atom is -0.497 e. The Kier molecular flexibility index (Phi) is 5.28. The van der Waals surface area contributed by atoms with Gasteiger partial charge >= 0.3 is 0 Å². The van der Waals surface area contributed by atoms with E-state index in [4.69, 9.17) is 4.74 Å². The molecule has 1 fully saturated rings. The number of aromatic nitrogens is 1. The minimum atomic E-state index is 0.878. The van der Waals surface area contributed by atoms with Crippen LogP contribution in [0.3, 0.4) is 0 Å². The van der Waals surface area contributed by atoms with Crippen molar-refractivity contribution in [2.45, 2.75) is 6.54 Å². The van der Waals surface area contributed by atoms with Gasteiger partial charge in [0.05, 0.1) is 12.8 Å². The van der Waals surface area contributed by atoms with Gasteiger partial charge in [-0.05, 0) is 49.0 Å². The predicted molar refractivity (Wildman–Crippen MR) is 111 cm³/mol. The SMILES string of the molecule is COc1cccc(-c2cccn2-c2ccc(CN3CCN(C)CC3)cc2)c1. The summed E-state index contributed by atoms with van der Waals surface area (Å²) in [6, 6.07) is 21.4. The molecule has 4 heteroatoms. The third kappa shape index (κ3) is 4.07. The molecule has 1 saturated heterocycles. The van der Waals surface area contributed by atoms with Crippen molar-refractivity contribution in [3.63, 3.8) is 0 Å². The largest absolute Gasteiger partial charge is 0.497 e. The summed E-state index contributed by atoms with van der Waals surface area (Å²) in [6.07, 6.45) is 2.12. The lowest BCUT2D eigenvalue weighted by molar-refractivity contribution is 0.148. The topological polar surface area (TPSA) is 20.6 Å². The predicted octanol–water partition coefficient (Wildman–Crippen LogP) is 3.90. The fourth-order valence-electron chi connectivity index (χ4n) is 3.65. The lowest BCUT2D eigenvalue weighted by atomic mass is 10.1. The highest BCUT2D eigenvalue weighted by atomic mass is 16.5. The van der Waals surface area contributed by atoms with Crippen LogP contribution in [0.25, 0.3) is 16.9 Å². The summed E-state index contributed by atoms with van der Waals surface area (Å²) in [5.74, 6) is 0.878. The van der Waals surface area contributed by atoms with Gasteiger partial charge in [0.1, 0.15) is 5.75 Å². The fourth-order valence-corrected chi connectivity index (χ4v) is 3.65. The van der Waals surface area contributed by atoms with E-state index in [0.29, 0.717) is 0 Å². The van der Waals surface area contributed by atoms with Crippen molar-refractivity contribution >= 4 is 0 Å². The van der Waals surface area contributed by atoms with Crippen molar-refractivity contribution < 1.29 is 4.74 Å². The second kappa shape index (κ2) is 7.99. The van der Waals surface area contributed by atoms with Crippen LogP contribution in [0.2, 0.25) is 0 Å². The number of hydrogen-bond acceptors (Lipinski definition) is 3. The van der Waals surface area contributed by atoms with Gasteiger partial charge in [0, 0.05) is 50.2 Å². The molecule has 3 aromatic rings. The van der Waals surface area contributed by atoms with Gasteiger partial charge < -0.3 is 14.2 Å². The van der Waals surface area contributed by atoms with Gasteiger partial charge in [-0.15, -0.1) is 0 Å². The molecule has 0 spiro atoms. The number of hydrogen-bond donors (Lipinski definition) is 0. The van der Waals surface area contributed by atoms with Crippen LogP contribution in [0.15, 0.2) is 66.9 Å². The molecule has 4 nitrogen and oxygen atoms in total. The zero-order chi connectivity index (χ0) is 18.6. The highest BCUT2D eigenvalue weighted by molar-refractivity contribution is 5.64. The Morgan fingerprint density at radius 2 is 1.67 bits per heavy atom. The number of nitrogens with zero attached hydrogens (tertiary/aromatic N) is 3. The molecule has 2 heterocycles. The molecule has 0 bridgehead atoms. The summed E-state index contributed by atoms with van der Waals surface area (Å²) in [6.45, 7) is 5.64. The Labute approximate surface area is 161 Å². The van der Waals surface area contributed by atoms with E-state index in [1.807, 2.05) is 12.1 Å². The number of benzene rings is 2. The van der Waals surface area contributed by atoms with Crippen molar-refractivity contribution in [3.05, 3.63) is 72.4 Å². The van der Waals surface area contributed by atoms with E-state index in [0.717, 1.165) is 44.0 Å². The van der Waals surface area contributed by atoms with Gasteiger partial charge in [-0.1, -0.05) is 24.3 Å². The second-order valence-corrected chi connectivity index (χ2v) is 7.24. The van der Waals surface area contributed by atoms with Crippen LogP contribution in [0.5, 0.6) is 5.75 Å². The minimum absolute atomic E-state index is 0.878. The molecule has 1 aliphatic rings. The highest BCUT2D eigenvalue weighted by Gasteiger charge is 2.14. The molecule has 1 aliphatic heterocycles. The van der Waals surface area contributed by atoms with Gasteiger partial charge in [0.2, 0.25) is 0 Å². The van der Waals surface area contributed by atoms with E-state index in [-0.39, 0.29) is 0 Å². The smallest absolute Gasteiger partial charge is 0.119 e. The van der Waals surface area contributed by atoms with Crippen LogP contribution < -0.4 is 4.74 Å². The van der Waals surface area contributed by atoms with Gasteiger partial charge in [-0.2, -0.15) is 0 Å². The lowest BCUT2D eigenvalue weighted by Gasteiger charge is -2.32. The van der Waals surface area contributed by atoms with Gasteiger partial charge in [-0.3, -0.25) is 4.90 Å². The Morgan fingerprint density at radius 1 is 0.889 bits per heavy atom. The van der Waals surface area contributed by atoms with E-state index in [1.165, 1.54) is 16.9 Å². The zero-order valence-corrected chi connectivity index (χ0v) is 16.1. The van der Waals surface area contributed by atoms with Gasteiger partial charge in [0.15, 0.2) is 0 Å². The van der Waals surface area contributed by atoms with E-state index >= 15 is 0 Å². The summed E-state index contributed by atoms with van der Waals surface area (Å²) < 4.78 is 7.61. The van der Waals surface area contributed by atoms with E-state index < -0.39 is 0 Å². The molecule has 2 aromatic carbocycles. The third-order valence-electron chi connectivity index (χ3n) is 5.33. The number of piperazine rings is 1. The molecule has 27 heavy (non-hydrogen) atoms. The van der Waals surface area contributed by atoms with E-state index in [9.17, 15) is 0 Å². The molecule has 4 rings (SSSR count). The standard InChI is InChI=1S/C23H27N3O/c1-24-13-15-25(16-14-24)18-19-8-10-21(11-9-19)26-12-4-7-23(26)20-5-3-6-22(17-20)27-2/h3-12,17H,13-16,18H2,1-2H3. The normalized spacial score (nSPS) is 15.8. The van der Waals surface area contributed by atoms with Crippen LogP contribution in [0, 0.1) is 0 Å². The molecule has 140 valence electrons. The molecule has 0 N–H and O–H groups in total. The number of rotatable bonds is 5. The lowest BCUT2D eigenvalue weighted by Crippen LogP contribution is -2.43. The average molecular weight is 361 g/mol. The quantitative estimate of drug-likeness (QED) is 0.688. The third-order valence-corrected chi connectivity index (χ3v) is 5.33. The number of likely N-dealkylation sites (N-methyl/N-ethyl adjacent to an activating group) is 1. The first-order valence-electron chi connectivity index (χ1n) is 9.55. The number of methoxy groups -OCH3 is 1. The molecule has 0 amide bonds. The van der Waals surface area contributed by atoms with Crippen molar-refractivity contribution in [1.29, 1.82) is 0 Å². The van der Waals surface area contributed by atoms with Crippen LogP contribution in [-0.2, 0) is 6.54 Å². The van der Waals surface area contributed by atoms with Gasteiger partial charge in [-0.25, -0.2) is 0 Å². The molecular weight excluding hydrogens is 334 g/mol. The molecule has 1 aromatic heterocycles. The maximum Gasteiger partial charge on any atom is 0.119 e. The van der Waals surface area contributed by atoms with Crippen molar-refractivity contribution in [2.24, 2.45) is 0 Å². The maximum atomic E-state index is 5.38. The van der Waals surface area contributed by atoms with Crippen molar-refractivity contribution in [1.82, 2.24) is 14.4 Å². The van der Waals surface area contributed by atoms with Crippen LogP contribution in [0.1, 0.15) is 5.56 Å². The monoisotopic (exact) mass is 361 g/mol. The first-order chi connectivity index (χ1) is 13.2. The second-order valence-electron chi connectivity index (χ2n) is 7.24. The first-order valence-corrected chi connectivity index (χ1v) is 9.55. The summed E-state index contributed by atoms with van der Waals surface area (Å²) >= 11 is 0. The Morgan fingerprint density at radius 3 is 2.41 bits per heavy atom. The molecule has 0 atom stereocenters. The van der Waals surface area contributed by atoms with Crippen molar-refractivity contribution in [3.8, 4) is 22.7 Å². The van der Waals surface area contributed by atoms with Gasteiger partial charge in [0.25, 0.3) is 0 Å². The molecular formula is C23H27N3O. The van der Waals surface area contributed by atoms with E-state index in [2.05, 4.69) is 76.1 Å². The Balaban J connectivity index is 1.52. The van der Waals surface area contributed by atoms with Crippen molar-refractivity contribution in [2.75, 3.05) is 40.3 Å². The first kappa shape index (κ1) is 17.8. The van der Waals surface area contributed by atoms with Crippen LogP contribution in [-0.4, -0.2) is 54.7 Å². The van der Waals surface area contributed by atoms with Crippen LogP contribution >= 0.6 is 0 Å². The summed E-state index contributed by atoms with van der Waals surface area (Å²) in [5.41, 5.74) is 4.87. The fraction of sp³-hybridized carbons (Fsp3) is 0.304. The Hall–Kier alpha value is -2.56. The highest BCUT2D eigenvalue weighted by Crippen LogP contribution is 2.27. The maximum absolute atomic E-state index is 5.38. The average Bonchev–Trinajstić information content (AvgIpc) is 3.20. The zero-order valence-electron chi connectivity index (χ0n) is 16.1. The summed E-state index contributed by atoms with van der Waals surface area (Å²) in [7, 11) is 3.90. The number of ether oxygens (including phenoxy) is 1. The Bertz CT molecular complexity index is 877. The molecule has 0 unspecified atom stereocenters.